The van der Waals surface area contributed by atoms with E-state index in [1.807, 2.05) is 36.4 Å². The Kier molecular flexibility index (Phi) is 5.05. The largest absolute Gasteiger partial charge is 0.453 e. The first-order valence-electron chi connectivity index (χ1n) is 12.8. The fourth-order valence-electron chi connectivity index (χ4n) is 5.64. The minimum absolute atomic E-state index is 0.107. The molecule has 7 aromatic rings. The van der Waals surface area contributed by atoms with Crippen LogP contribution >= 0.6 is 0 Å². The van der Waals surface area contributed by atoms with E-state index in [1.54, 1.807) is 0 Å². The second-order valence-electron chi connectivity index (χ2n) is 9.93. The molecule has 0 saturated heterocycles. The highest BCUT2D eigenvalue weighted by Crippen LogP contribution is 2.44. The molecule has 182 valence electrons. The number of aromatic nitrogens is 1. The van der Waals surface area contributed by atoms with Gasteiger partial charge in [-0.2, -0.15) is 0 Å². The summed E-state index contributed by atoms with van der Waals surface area (Å²) in [6, 6.07) is 38.9. The molecule has 0 atom stereocenters. The molecule has 0 saturated carbocycles. The third-order valence-corrected chi connectivity index (χ3v) is 7.24. The van der Waals surface area contributed by atoms with Crippen molar-refractivity contribution in [2.75, 3.05) is 0 Å². The van der Waals surface area contributed by atoms with E-state index in [-0.39, 0.29) is 5.43 Å². The van der Waals surface area contributed by atoms with Gasteiger partial charge in [0.05, 0.1) is 22.1 Å². The number of hydrogen-bond acceptors (Lipinski definition) is 2. The molecule has 7 rings (SSSR count). The maximum atomic E-state index is 14.3. The van der Waals surface area contributed by atoms with E-state index in [9.17, 15) is 4.79 Å². The molecule has 0 unspecified atom stereocenters. The summed E-state index contributed by atoms with van der Waals surface area (Å²) >= 11 is 0. The molecule has 2 heterocycles. The van der Waals surface area contributed by atoms with Crippen LogP contribution < -0.4 is 10.2 Å². The number of benzene rings is 5. The second-order valence-corrected chi connectivity index (χ2v) is 9.93. The number of ether oxygens (including phenoxy) is 1. The topological polar surface area (TPSA) is 30.7 Å². The summed E-state index contributed by atoms with van der Waals surface area (Å²) in [5.41, 5.74) is 8.24. The fourth-order valence-corrected chi connectivity index (χ4v) is 5.64. The lowest BCUT2D eigenvalue weighted by molar-refractivity contribution is 0.480. The highest BCUT2D eigenvalue weighted by Gasteiger charge is 2.26. The molecule has 0 bridgehead atoms. The van der Waals surface area contributed by atoms with Gasteiger partial charge in [-0.3, -0.25) is 4.79 Å². The Labute approximate surface area is 220 Å². The zero-order valence-corrected chi connectivity index (χ0v) is 21.2. The first kappa shape index (κ1) is 22.3. The molecule has 0 aliphatic rings. The van der Waals surface area contributed by atoms with Crippen molar-refractivity contribution >= 4 is 27.2 Å². The van der Waals surface area contributed by atoms with Gasteiger partial charge in [0.1, 0.15) is 5.75 Å². The van der Waals surface area contributed by atoms with Gasteiger partial charge in [0.15, 0.2) is 5.75 Å². The second kappa shape index (κ2) is 8.60. The number of para-hydroxylation sites is 2. The van der Waals surface area contributed by atoms with E-state index in [0.717, 1.165) is 49.8 Å². The summed E-state index contributed by atoms with van der Waals surface area (Å²) in [6.07, 6.45) is 0. The van der Waals surface area contributed by atoms with Crippen molar-refractivity contribution < 1.29 is 4.74 Å². The standard InChI is InChI=1S/C35H25NO2/c1-22-10-8-13-25(18-22)31-32-34-27(21-30(35(32)37)38-28-15-4-3-5-16-28)20-24-12-6-7-17-29(24)36(34)33(31)26-14-9-11-23(2)19-26/h3-21H,1-2H3. The van der Waals surface area contributed by atoms with Gasteiger partial charge in [0, 0.05) is 10.9 Å². The van der Waals surface area contributed by atoms with Crippen LogP contribution in [-0.2, 0) is 0 Å². The quantitative estimate of drug-likeness (QED) is 0.230. The van der Waals surface area contributed by atoms with Crippen molar-refractivity contribution in [2.45, 2.75) is 13.8 Å². The molecule has 0 aliphatic carbocycles. The Morgan fingerprint density at radius 1 is 0.632 bits per heavy atom. The van der Waals surface area contributed by atoms with Gasteiger partial charge < -0.3 is 9.14 Å². The molecule has 0 aliphatic heterocycles. The van der Waals surface area contributed by atoms with Crippen LogP contribution in [0.5, 0.6) is 11.5 Å². The molecule has 0 amide bonds. The fraction of sp³-hybridized carbons (Fsp3) is 0.0571. The van der Waals surface area contributed by atoms with E-state index in [2.05, 4.69) is 97.1 Å². The Bertz CT molecular complexity index is 2040. The van der Waals surface area contributed by atoms with Gasteiger partial charge in [-0.05, 0) is 66.8 Å². The van der Waals surface area contributed by atoms with Crippen LogP contribution in [0.3, 0.4) is 0 Å². The van der Waals surface area contributed by atoms with Crippen LogP contribution in [0.1, 0.15) is 11.1 Å². The lowest BCUT2D eigenvalue weighted by Crippen LogP contribution is -2.06. The molecule has 3 nitrogen and oxygen atoms in total. The third kappa shape index (κ3) is 3.47. The van der Waals surface area contributed by atoms with Crippen molar-refractivity contribution in [3.8, 4) is 33.9 Å². The minimum atomic E-state index is -0.107. The van der Waals surface area contributed by atoms with Crippen LogP contribution in [0.25, 0.3) is 49.6 Å². The van der Waals surface area contributed by atoms with Gasteiger partial charge in [0.25, 0.3) is 0 Å². The summed E-state index contributed by atoms with van der Waals surface area (Å²) in [7, 11) is 0. The number of aryl methyl sites for hydroxylation is 2. The van der Waals surface area contributed by atoms with Gasteiger partial charge in [-0.25, -0.2) is 0 Å². The van der Waals surface area contributed by atoms with Crippen LogP contribution in [0.4, 0.5) is 0 Å². The van der Waals surface area contributed by atoms with Gasteiger partial charge in [-0.15, -0.1) is 0 Å². The number of rotatable bonds is 4. The molecule has 0 radical (unpaired) electrons. The Morgan fingerprint density at radius 3 is 2.08 bits per heavy atom. The van der Waals surface area contributed by atoms with Crippen molar-refractivity contribution in [2.24, 2.45) is 0 Å². The number of hydrogen-bond donors (Lipinski definition) is 0. The number of fused-ring (bicyclic) bond motifs is 2. The predicted octanol–water partition coefficient (Wildman–Crippen LogP) is 8.79. The van der Waals surface area contributed by atoms with Crippen molar-refractivity contribution in [1.29, 1.82) is 0 Å². The first-order valence-corrected chi connectivity index (χ1v) is 12.8. The maximum absolute atomic E-state index is 14.3. The lowest BCUT2D eigenvalue weighted by Gasteiger charge is -2.12. The minimum Gasteiger partial charge on any atom is -0.453 e. The third-order valence-electron chi connectivity index (χ3n) is 7.24. The van der Waals surface area contributed by atoms with E-state index >= 15 is 0 Å². The average molecular weight is 492 g/mol. The van der Waals surface area contributed by atoms with Crippen molar-refractivity contribution in [3.63, 3.8) is 0 Å². The smallest absolute Gasteiger partial charge is 0.231 e. The van der Waals surface area contributed by atoms with Crippen LogP contribution in [0.15, 0.2) is 120 Å². The summed E-state index contributed by atoms with van der Waals surface area (Å²) in [4.78, 5) is 14.3. The molecule has 0 N–H and O–H groups in total. The van der Waals surface area contributed by atoms with Gasteiger partial charge >= 0.3 is 0 Å². The monoisotopic (exact) mass is 491 g/mol. The molecule has 2 aromatic heterocycles. The molecule has 0 spiro atoms. The normalized spacial score (nSPS) is 11.5. The first-order chi connectivity index (χ1) is 18.6. The van der Waals surface area contributed by atoms with E-state index in [0.29, 0.717) is 16.9 Å². The summed E-state index contributed by atoms with van der Waals surface area (Å²) < 4.78 is 8.50. The summed E-state index contributed by atoms with van der Waals surface area (Å²) in [5.74, 6) is 0.971. The Morgan fingerprint density at radius 2 is 1.32 bits per heavy atom. The summed E-state index contributed by atoms with van der Waals surface area (Å²) in [5, 5.41) is 2.75. The van der Waals surface area contributed by atoms with Crippen molar-refractivity contribution in [3.05, 3.63) is 137 Å². The lowest BCUT2D eigenvalue weighted by atomic mass is 9.96. The molecule has 0 fully saturated rings. The molecule has 5 aromatic carbocycles. The SMILES string of the molecule is Cc1cccc(-c2c(-c3cccc(C)c3)n3c4ccccc4cc4cc(Oc5ccccc5)c(=O)c2c43)c1. The predicted molar refractivity (Wildman–Crippen MR) is 157 cm³/mol. The summed E-state index contributed by atoms with van der Waals surface area (Å²) in [6.45, 7) is 4.19. The highest BCUT2D eigenvalue weighted by atomic mass is 16.5. The zero-order valence-electron chi connectivity index (χ0n) is 21.2. The number of nitrogens with zero attached hydrogens (tertiary/aromatic N) is 1. The molecular formula is C35H25NO2. The molecular weight excluding hydrogens is 466 g/mol. The van der Waals surface area contributed by atoms with E-state index in [4.69, 9.17) is 4.74 Å². The number of pyridine rings is 1. The Hall–Kier alpha value is -4.89. The van der Waals surface area contributed by atoms with E-state index in [1.165, 1.54) is 5.56 Å². The Balaban J connectivity index is 1.71. The van der Waals surface area contributed by atoms with Crippen LogP contribution in [0, 0.1) is 13.8 Å². The zero-order chi connectivity index (χ0) is 25.8. The maximum Gasteiger partial charge on any atom is 0.231 e. The highest BCUT2D eigenvalue weighted by molar-refractivity contribution is 6.14. The average Bonchev–Trinajstić information content (AvgIpc) is 3.30. The van der Waals surface area contributed by atoms with E-state index < -0.39 is 0 Å². The van der Waals surface area contributed by atoms with Crippen LogP contribution in [-0.4, -0.2) is 4.40 Å². The molecule has 3 heteroatoms. The van der Waals surface area contributed by atoms with Crippen molar-refractivity contribution in [1.82, 2.24) is 4.40 Å². The van der Waals surface area contributed by atoms with Gasteiger partial charge in [-0.1, -0.05) is 90.0 Å². The van der Waals surface area contributed by atoms with Gasteiger partial charge in [0.2, 0.25) is 5.43 Å². The molecule has 38 heavy (non-hydrogen) atoms. The van der Waals surface area contributed by atoms with Crippen LogP contribution in [0.2, 0.25) is 0 Å².